The van der Waals surface area contributed by atoms with E-state index in [2.05, 4.69) is 10.1 Å². The van der Waals surface area contributed by atoms with Crippen molar-refractivity contribution in [2.24, 2.45) is 10.9 Å². The van der Waals surface area contributed by atoms with E-state index in [9.17, 15) is 8.78 Å². The fraction of sp³-hybridized carbons (Fsp3) is 0.0769. The lowest BCUT2D eigenvalue weighted by atomic mass is 10.2. The van der Waals surface area contributed by atoms with Crippen molar-refractivity contribution in [2.75, 3.05) is 0 Å². The van der Waals surface area contributed by atoms with E-state index in [1.165, 1.54) is 30.1 Å². The third kappa shape index (κ3) is 3.24. The number of nitrogens with two attached hydrogens (primary N) is 1. The van der Waals surface area contributed by atoms with Gasteiger partial charge in [0.05, 0.1) is 0 Å². The highest BCUT2D eigenvalue weighted by atomic mass is 32.2. The van der Waals surface area contributed by atoms with Gasteiger partial charge < -0.3 is 10.9 Å². The second-order valence-electron chi connectivity index (χ2n) is 3.86. The van der Waals surface area contributed by atoms with E-state index in [4.69, 9.17) is 10.9 Å². The first kappa shape index (κ1) is 14.3. The van der Waals surface area contributed by atoms with Crippen LogP contribution in [0, 0.1) is 11.6 Å². The van der Waals surface area contributed by atoms with Gasteiger partial charge in [0.1, 0.15) is 17.3 Å². The lowest BCUT2D eigenvalue weighted by Gasteiger charge is -2.07. The van der Waals surface area contributed by atoms with Gasteiger partial charge in [-0.1, -0.05) is 11.2 Å². The van der Waals surface area contributed by atoms with Crippen LogP contribution in [0.3, 0.4) is 0 Å². The van der Waals surface area contributed by atoms with E-state index in [-0.39, 0.29) is 5.84 Å². The summed E-state index contributed by atoms with van der Waals surface area (Å²) in [4.78, 5) is 4.34. The van der Waals surface area contributed by atoms with Gasteiger partial charge in [-0.15, -0.1) is 11.8 Å². The molecule has 20 heavy (non-hydrogen) atoms. The Balaban J connectivity index is 2.19. The van der Waals surface area contributed by atoms with Crippen molar-refractivity contribution in [3.63, 3.8) is 0 Å². The van der Waals surface area contributed by atoms with Crippen molar-refractivity contribution in [1.29, 1.82) is 0 Å². The molecule has 0 amide bonds. The Morgan fingerprint density at radius 3 is 2.85 bits per heavy atom. The molecule has 0 atom stereocenters. The minimum atomic E-state index is -0.621. The van der Waals surface area contributed by atoms with Gasteiger partial charge in [-0.3, -0.25) is 4.98 Å². The summed E-state index contributed by atoms with van der Waals surface area (Å²) in [6, 6.07) is 6.84. The fourth-order valence-electron chi connectivity index (χ4n) is 1.58. The monoisotopic (exact) mass is 295 g/mol. The molecule has 0 radical (unpaired) electrons. The van der Waals surface area contributed by atoms with Gasteiger partial charge in [-0.25, -0.2) is 8.78 Å². The van der Waals surface area contributed by atoms with E-state index >= 15 is 0 Å². The van der Waals surface area contributed by atoms with Gasteiger partial charge in [0.15, 0.2) is 5.84 Å². The molecule has 0 bridgehead atoms. The van der Waals surface area contributed by atoms with Gasteiger partial charge in [0.2, 0.25) is 0 Å². The van der Waals surface area contributed by atoms with Crippen molar-refractivity contribution in [3.05, 3.63) is 59.4 Å². The van der Waals surface area contributed by atoms with Gasteiger partial charge in [-0.2, -0.15) is 0 Å². The quantitative estimate of drug-likeness (QED) is 0.299. The molecule has 3 N–H and O–H groups in total. The van der Waals surface area contributed by atoms with E-state index < -0.39 is 11.6 Å². The number of aromatic nitrogens is 1. The summed E-state index contributed by atoms with van der Waals surface area (Å²) in [5.41, 5.74) is 6.55. The van der Waals surface area contributed by atoms with Crippen molar-refractivity contribution in [2.45, 2.75) is 10.6 Å². The largest absolute Gasteiger partial charge is 0.409 e. The Labute approximate surface area is 118 Å². The number of nitrogens with zero attached hydrogens (tertiary/aromatic N) is 2. The maximum absolute atomic E-state index is 13.5. The van der Waals surface area contributed by atoms with Gasteiger partial charge in [-0.05, 0) is 23.8 Å². The van der Waals surface area contributed by atoms with Gasteiger partial charge in [0, 0.05) is 22.9 Å². The Morgan fingerprint density at radius 2 is 2.15 bits per heavy atom. The molecule has 0 fully saturated rings. The van der Waals surface area contributed by atoms with Crippen LogP contribution in [-0.4, -0.2) is 16.0 Å². The zero-order chi connectivity index (χ0) is 14.5. The summed E-state index contributed by atoms with van der Waals surface area (Å²) in [5.74, 6) is -0.988. The molecule has 0 aliphatic carbocycles. The SMILES string of the molecule is NC(=NO)c1ncccc1CSc1ccc(F)cc1F. The van der Waals surface area contributed by atoms with Crippen molar-refractivity contribution in [3.8, 4) is 0 Å². The van der Waals surface area contributed by atoms with Crippen LogP contribution in [0.2, 0.25) is 0 Å². The molecule has 0 saturated heterocycles. The predicted molar refractivity (Wildman–Crippen MR) is 72.7 cm³/mol. The maximum Gasteiger partial charge on any atom is 0.189 e. The minimum Gasteiger partial charge on any atom is -0.409 e. The van der Waals surface area contributed by atoms with E-state index in [1.807, 2.05) is 0 Å². The molecule has 2 rings (SSSR count). The standard InChI is InChI=1S/C13H11F2N3OS/c14-9-3-4-11(10(15)6-9)20-7-8-2-1-5-17-12(8)13(16)18-19/h1-6,19H,7H2,(H2,16,18). The minimum absolute atomic E-state index is 0.110. The first-order valence-electron chi connectivity index (χ1n) is 5.61. The Morgan fingerprint density at radius 1 is 1.35 bits per heavy atom. The number of thioether (sulfide) groups is 1. The van der Waals surface area contributed by atoms with E-state index in [0.29, 0.717) is 21.9 Å². The van der Waals surface area contributed by atoms with E-state index in [1.54, 1.807) is 12.1 Å². The zero-order valence-electron chi connectivity index (χ0n) is 10.3. The van der Waals surface area contributed by atoms with E-state index in [0.717, 1.165) is 6.07 Å². The number of rotatable bonds is 4. The first-order valence-corrected chi connectivity index (χ1v) is 6.60. The van der Waals surface area contributed by atoms with Crippen molar-refractivity contribution < 1.29 is 14.0 Å². The van der Waals surface area contributed by atoms with Crippen molar-refractivity contribution >= 4 is 17.6 Å². The molecule has 0 saturated carbocycles. The Bertz CT molecular complexity index is 649. The lowest BCUT2D eigenvalue weighted by molar-refractivity contribution is 0.318. The number of pyridine rings is 1. The zero-order valence-corrected chi connectivity index (χ0v) is 11.1. The van der Waals surface area contributed by atoms with Gasteiger partial charge in [0.25, 0.3) is 0 Å². The number of benzene rings is 1. The molecular formula is C13H11F2N3OS. The predicted octanol–water partition coefficient (Wildman–Crippen LogP) is 2.75. The molecule has 1 aromatic heterocycles. The van der Waals surface area contributed by atoms with Crippen molar-refractivity contribution in [1.82, 2.24) is 4.98 Å². The number of amidine groups is 1. The maximum atomic E-state index is 13.5. The molecule has 0 aliphatic rings. The highest BCUT2D eigenvalue weighted by Gasteiger charge is 2.10. The molecule has 1 aromatic carbocycles. The molecule has 104 valence electrons. The summed E-state index contributed by atoms with van der Waals surface area (Å²) >= 11 is 1.18. The van der Waals surface area contributed by atoms with Crippen LogP contribution in [0.4, 0.5) is 8.78 Å². The number of halogens is 2. The van der Waals surface area contributed by atoms with Crippen LogP contribution in [0.5, 0.6) is 0 Å². The third-order valence-corrected chi connectivity index (χ3v) is 3.62. The van der Waals surface area contributed by atoms with Crippen LogP contribution in [0.1, 0.15) is 11.3 Å². The highest BCUT2D eigenvalue weighted by Crippen LogP contribution is 2.26. The summed E-state index contributed by atoms with van der Waals surface area (Å²) in [6.07, 6.45) is 1.51. The van der Waals surface area contributed by atoms with Gasteiger partial charge >= 0.3 is 0 Å². The smallest absolute Gasteiger partial charge is 0.189 e. The summed E-state index contributed by atoms with van der Waals surface area (Å²) in [7, 11) is 0. The number of hydrogen-bond acceptors (Lipinski definition) is 4. The lowest BCUT2D eigenvalue weighted by Crippen LogP contribution is -2.17. The number of oxime groups is 1. The molecule has 0 unspecified atom stereocenters. The molecular weight excluding hydrogens is 284 g/mol. The topological polar surface area (TPSA) is 71.5 Å². The molecule has 2 aromatic rings. The highest BCUT2D eigenvalue weighted by molar-refractivity contribution is 7.98. The second kappa shape index (κ2) is 6.33. The van der Waals surface area contributed by atoms with Crippen LogP contribution >= 0.6 is 11.8 Å². The molecule has 0 spiro atoms. The average molecular weight is 295 g/mol. The normalized spacial score (nSPS) is 11.6. The second-order valence-corrected chi connectivity index (χ2v) is 4.88. The fourth-order valence-corrected chi connectivity index (χ4v) is 2.49. The summed E-state index contributed by atoms with van der Waals surface area (Å²) in [5, 5.41) is 11.6. The van der Waals surface area contributed by atoms with Crippen LogP contribution in [-0.2, 0) is 5.75 Å². The Kier molecular flexibility index (Phi) is 4.52. The molecule has 4 nitrogen and oxygen atoms in total. The molecule has 0 aliphatic heterocycles. The summed E-state index contributed by atoms with van der Waals surface area (Å²) in [6.45, 7) is 0. The Hall–Kier alpha value is -2.15. The molecule has 7 heteroatoms. The van der Waals surface area contributed by atoms with Crippen LogP contribution in [0.25, 0.3) is 0 Å². The average Bonchev–Trinajstić information content (AvgIpc) is 2.46. The van der Waals surface area contributed by atoms with Crippen LogP contribution in [0.15, 0.2) is 46.6 Å². The first-order chi connectivity index (χ1) is 9.61. The molecule has 1 heterocycles. The summed E-state index contributed by atoms with van der Waals surface area (Å²) < 4.78 is 26.3. The van der Waals surface area contributed by atoms with Crippen LogP contribution < -0.4 is 5.73 Å². The third-order valence-electron chi connectivity index (χ3n) is 2.52. The number of hydrogen-bond donors (Lipinski definition) is 2.